The molecule has 3 nitrogen and oxygen atoms in total. The second kappa shape index (κ2) is 5.94. The summed E-state index contributed by atoms with van der Waals surface area (Å²) in [6.45, 7) is 2.92. The molecule has 0 aromatic heterocycles. The first-order valence-corrected chi connectivity index (χ1v) is 6.89. The monoisotopic (exact) mass is 297 g/mol. The molecule has 2 atom stereocenters. The molecule has 1 N–H and O–H groups in total. The molecule has 0 spiro atoms. The first kappa shape index (κ1) is 15.6. The van der Waals surface area contributed by atoms with Crippen molar-refractivity contribution in [1.82, 2.24) is 4.90 Å². The zero-order valence-corrected chi connectivity index (χ0v) is 12.0. The Morgan fingerprint density at radius 3 is 2.67 bits per heavy atom. The van der Waals surface area contributed by atoms with Crippen LogP contribution >= 0.6 is 0 Å². The minimum absolute atomic E-state index is 0.0182. The number of alkyl halides is 3. The molecule has 0 amide bonds. The molecule has 0 radical (unpaired) electrons. The van der Waals surface area contributed by atoms with Crippen molar-refractivity contribution in [3.8, 4) is 6.07 Å². The van der Waals surface area contributed by atoms with Gasteiger partial charge >= 0.3 is 6.18 Å². The molecule has 114 valence electrons. The predicted molar refractivity (Wildman–Crippen MR) is 74.9 cm³/mol. The van der Waals surface area contributed by atoms with Gasteiger partial charge in [0.1, 0.15) is 0 Å². The summed E-state index contributed by atoms with van der Waals surface area (Å²) in [7, 11) is 2.02. The van der Waals surface area contributed by atoms with Crippen molar-refractivity contribution < 1.29 is 13.2 Å². The third-order valence-corrected chi connectivity index (χ3v) is 4.02. The number of hydrogen-bond acceptors (Lipinski definition) is 3. The maximum Gasteiger partial charge on any atom is 0.418 e. The average molecular weight is 297 g/mol. The van der Waals surface area contributed by atoms with E-state index in [1.165, 1.54) is 12.1 Å². The number of nitrogens with one attached hydrogen (secondary N) is 1. The van der Waals surface area contributed by atoms with Gasteiger partial charge in [-0.15, -0.1) is 0 Å². The minimum atomic E-state index is -4.47. The molecule has 0 bridgehead atoms. The zero-order chi connectivity index (χ0) is 15.6. The fraction of sp³-hybridized carbons (Fsp3) is 0.533. The molecule has 0 saturated carbocycles. The number of halogens is 3. The largest absolute Gasteiger partial charge is 0.418 e. The highest BCUT2D eigenvalue weighted by Crippen LogP contribution is 2.36. The van der Waals surface area contributed by atoms with Gasteiger partial charge in [0.2, 0.25) is 0 Å². The SMILES string of the molecule is CC1CC(Nc2ccc(C#N)cc2C(F)(F)F)CCN1C. The van der Waals surface area contributed by atoms with Gasteiger partial charge in [-0.05, 0) is 45.0 Å². The van der Waals surface area contributed by atoms with Crippen LogP contribution in [0.5, 0.6) is 0 Å². The summed E-state index contributed by atoms with van der Waals surface area (Å²) in [5, 5.41) is 11.8. The van der Waals surface area contributed by atoms with Crippen LogP contribution in [0.25, 0.3) is 0 Å². The zero-order valence-electron chi connectivity index (χ0n) is 12.0. The summed E-state index contributed by atoms with van der Waals surface area (Å²) in [5.41, 5.74) is -0.694. The minimum Gasteiger partial charge on any atom is -0.382 e. The maximum absolute atomic E-state index is 13.1. The van der Waals surface area contributed by atoms with Crippen molar-refractivity contribution in [2.75, 3.05) is 18.9 Å². The van der Waals surface area contributed by atoms with Crippen LogP contribution < -0.4 is 5.32 Å². The standard InChI is InChI=1S/C15H18F3N3/c1-10-7-12(5-6-21(10)2)20-14-4-3-11(9-19)8-13(14)15(16,17)18/h3-4,8,10,12,20H,5-7H2,1-2H3. The van der Waals surface area contributed by atoms with E-state index in [9.17, 15) is 13.2 Å². The molecule has 2 rings (SSSR count). The molecule has 21 heavy (non-hydrogen) atoms. The Hall–Kier alpha value is -1.74. The molecule has 1 saturated heterocycles. The van der Waals surface area contributed by atoms with Crippen molar-refractivity contribution in [3.05, 3.63) is 29.3 Å². The van der Waals surface area contributed by atoms with E-state index in [0.717, 1.165) is 25.5 Å². The van der Waals surface area contributed by atoms with Crippen LogP contribution in [0.4, 0.5) is 18.9 Å². The Bertz CT molecular complexity index is 548. The smallest absolute Gasteiger partial charge is 0.382 e. The highest BCUT2D eigenvalue weighted by atomic mass is 19.4. The Morgan fingerprint density at radius 1 is 1.38 bits per heavy atom. The summed E-state index contributed by atoms with van der Waals surface area (Å²) in [4.78, 5) is 2.20. The normalized spacial score (nSPS) is 23.6. The highest BCUT2D eigenvalue weighted by molar-refractivity contribution is 5.56. The Kier molecular flexibility index (Phi) is 4.43. The molecule has 1 fully saturated rings. The summed E-state index contributed by atoms with van der Waals surface area (Å²) >= 11 is 0. The van der Waals surface area contributed by atoms with Crippen molar-refractivity contribution in [1.29, 1.82) is 5.26 Å². The van der Waals surface area contributed by atoms with Gasteiger partial charge in [0.15, 0.2) is 0 Å². The number of nitriles is 1. The molecular formula is C15H18F3N3. The van der Waals surface area contributed by atoms with Crippen LogP contribution in [0, 0.1) is 11.3 Å². The quantitative estimate of drug-likeness (QED) is 0.908. The molecule has 0 aliphatic carbocycles. The number of anilines is 1. The van der Waals surface area contributed by atoms with Crippen LogP contribution in [0.3, 0.4) is 0 Å². The number of nitrogens with zero attached hydrogens (tertiary/aromatic N) is 2. The first-order chi connectivity index (χ1) is 9.81. The molecular weight excluding hydrogens is 279 g/mol. The van der Waals surface area contributed by atoms with Crippen molar-refractivity contribution in [2.45, 2.75) is 38.0 Å². The topological polar surface area (TPSA) is 39.1 Å². The molecule has 1 aliphatic heterocycles. The lowest BCUT2D eigenvalue weighted by atomic mass is 9.98. The van der Waals surface area contributed by atoms with Crippen molar-refractivity contribution >= 4 is 5.69 Å². The molecule has 2 unspecified atom stereocenters. The second-order valence-corrected chi connectivity index (χ2v) is 5.57. The molecule has 6 heteroatoms. The lowest BCUT2D eigenvalue weighted by Crippen LogP contribution is -2.42. The summed E-state index contributed by atoms with van der Waals surface area (Å²) in [5.74, 6) is 0. The van der Waals surface area contributed by atoms with E-state index < -0.39 is 11.7 Å². The Labute approximate surface area is 122 Å². The van der Waals surface area contributed by atoms with E-state index in [2.05, 4.69) is 17.1 Å². The van der Waals surface area contributed by atoms with Gasteiger partial charge in [-0.2, -0.15) is 18.4 Å². The van der Waals surface area contributed by atoms with Crippen LogP contribution in [0.2, 0.25) is 0 Å². The molecule has 1 aromatic carbocycles. The van der Waals surface area contributed by atoms with Gasteiger partial charge in [0.25, 0.3) is 0 Å². The number of piperidine rings is 1. The lowest BCUT2D eigenvalue weighted by molar-refractivity contribution is -0.137. The molecule has 1 aromatic rings. The van der Waals surface area contributed by atoms with Gasteiger partial charge in [0, 0.05) is 24.3 Å². The van der Waals surface area contributed by atoms with Crippen LogP contribution in [0.15, 0.2) is 18.2 Å². The molecule has 1 heterocycles. The van der Waals surface area contributed by atoms with E-state index in [0.29, 0.717) is 6.04 Å². The average Bonchev–Trinajstić information content (AvgIpc) is 2.42. The Morgan fingerprint density at radius 2 is 2.10 bits per heavy atom. The summed E-state index contributed by atoms with van der Waals surface area (Å²) < 4.78 is 39.3. The third kappa shape index (κ3) is 3.67. The van der Waals surface area contributed by atoms with Gasteiger partial charge in [-0.1, -0.05) is 0 Å². The summed E-state index contributed by atoms with van der Waals surface area (Å²) in [6, 6.07) is 5.77. The van der Waals surface area contributed by atoms with Crippen LogP contribution in [-0.2, 0) is 6.18 Å². The maximum atomic E-state index is 13.1. The van der Waals surface area contributed by atoms with E-state index in [-0.39, 0.29) is 17.3 Å². The van der Waals surface area contributed by atoms with Crippen molar-refractivity contribution in [2.24, 2.45) is 0 Å². The van der Waals surface area contributed by atoms with Crippen LogP contribution in [-0.4, -0.2) is 30.6 Å². The van der Waals surface area contributed by atoms with E-state index >= 15 is 0 Å². The van der Waals surface area contributed by atoms with E-state index in [1.807, 2.05) is 7.05 Å². The van der Waals surface area contributed by atoms with E-state index in [1.54, 1.807) is 6.07 Å². The number of benzene rings is 1. The van der Waals surface area contributed by atoms with Gasteiger partial charge in [-0.3, -0.25) is 0 Å². The van der Waals surface area contributed by atoms with Gasteiger partial charge in [0.05, 0.1) is 17.2 Å². The highest BCUT2D eigenvalue weighted by Gasteiger charge is 2.35. The number of likely N-dealkylation sites (tertiary alicyclic amines) is 1. The van der Waals surface area contributed by atoms with Gasteiger partial charge < -0.3 is 10.2 Å². The first-order valence-electron chi connectivity index (χ1n) is 6.89. The van der Waals surface area contributed by atoms with Gasteiger partial charge in [-0.25, -0.2) is 0 Å². The third-order valence-electron chi connectivity index (χ3n) is 4.02. The second-order valence-electron chi connectivity index (χ2n) is 5.57. The summed E-state index contributed by atoms with van der Waals surface area (Å²) in [6.07, 6.45) is -2.86. The van der Waals surface area contributed by atoms with E-state index in [4.69, 9.17) is 5.26 Å². The fourth-order valence-electron chi connectivity index (χ4n) is 2.61. The van der Waals surface area contributed by atoms with Crippen molar-refractivity contribution in [3.63, 3.8) is 0 Å². The van der Waals surface area contributed by atoms with Crippen LogP contribution in [0.1, 0.15) is 30.9 Å². The molecule has 1 aliphatic rings. The Balaban J connectivity index is 2.22. The predicted octanol–water partition coefficient (Wildman–Crippen LogP) is 3.47. The number of hydrogen-bond donors (Lipinski definition) is 1. The fourth-order valence-corrected chi connectivity index (χ4v) is 2.61. The number of rotatable bonds is 2. The lowest BCUT2D eigenvalue weighted by Gasteiger charge is -2.36.